The molecule has 1 N–H and O–H groups in total. The van der Waals surface area contributed by atoms with Crippen LogP contribution < -0.4 is 10.2 Å². The Morgan fingerprint density at radius 3 is 3.04 bits per heavy atom. The lowest BCUT2D eigenvalue weighted by atomic mass is 9.99. The average molecular weight is 350 g/mol. The topological polar surface area (TPSA) is 48.5 Å². The third-order valence-corrected chi connectivity index (χ3v) is 5.46. The number of nitrogens with zero attached hydrogens (tertiary/aromatic N) is 3. The van der Waals surface area contributed by atoms with Gasteiger partial charge in [0, 0.05) is 38.6 Å². The Morgan fingerprint density at radius 2 is 2.19 bits per heavy atom. The highest BCUT2D eigenvalue weighted by Gasteiger charge is 2.28. The molecule has 0 saturated carbocycles. The highest BCUT2D eigenvalue weighted by atomic mass is 16.2. The molecule has 0 unspecified atom stereocenters. The van der Waals surface area contributed by atoms with Gasteiger partial charge >= 0.3 is 0 Å². The lowest BCUT2D eigenvalue weighted by Gasteiger charge is -2.28. The summed E-state index contributed by atoms with van der Waals surface area (Å²) in [5, 5.41) is 2.93. The van der Waals surface area contributed by atoms with Crippen molar-refractivity contribution in [3.63, 3.8) is 0 Å². The molecule has 26 heavy (non-hydrogen) atoms. The van der Waals surface area contributed by atoms with Gasteiger partial charge in [0.05, 0.1) is 5.92 Å². The van der Waals surface area contributed by atoms with Crippen LogP contribution in [0.5, 0.6) is 0 Å². The summed E-state index contributed by atoms with van der Waals surface area (Å²) in [6, 6.07) is 12.4. The van der Waals surface area contributed by atoms with Gasteiger partial charge in [0.2, 0.25) is 5.91 Å². The van der Waals surface area contributed by atoms with Crippen molar-refractivity contribution in [1.29, 1.82) is 0 Å². The van der Waals surface area contributed by atoms with Gasteiger partial charge in [-0.05, 0) is 55.1 Å². The van der Waals surface area contributed by atoms with Crippen LogP contribution in [-0.4, -0.2) is 42.5 Å². The zero-order valence-corrected chi connectivity index (χ0v) is 15.3. The molecule has 0 spiro atoms. The van der Waals surface area contributed by atoms with Crippen molar-refractivity contribution in [3.05, 3.63) is 53.7 Å². The van der Waals surface area contributed by atoms with Crippen molar-refractivity contribution in [2.45, 2.75) is 25.8 Å². The van der Waals surface area contributed by atoms with E-state index in [0.29, 0.717) is 5.82 Å². The summed E-state index contributed by atoms with van der Waals surface area (Å²) in [6.45, 7) is 3.85. The van der Waals surface area contributed by atoms with E-state index in [-0.39, 0.29) is 11.8 Å². The van der Waals surface area contributed by atoms with Crippen LogP contribution in [0.15, 0.2) is 42.6 Å². The highest BCUT2D eigenvalue weighted by molar-refractivity contribution is 5.92. The summed E-state index contributed by atoms with van der Waals surface area (Å²) in [5.41, 5.74) is 4.18. The minimum absolute atomic E-state index is 0.0424. The molecular formula is C21H26N4O. The number of nitrogens with one attached hydrogen (secondary N) is 1. The van der Waals surface area contributed by atoms with Crippen molar-refractivity contribution in [2.75, 3.05) is 36.9 Å². The first kappa shape index (κ1) is 17.0. The van der Waals surface area contributed by atoms with Gasteiger partial charge < -0.3 is 10.2 Å². The smallest absolute Gasteiger partial charge is 0.229 e. The van der Waals surface area contributed by atoms with Crippen molar-refractivity contribution in [3.8, 4) is 0 Å². The first-order valence-electron chi connectivity index (χ1n) is 9.46. The van der Waals surface area contributed by atoms with E-state index in [0.717, 1.165) is 32.6 Å². The SMILES string of the molecule is CN1CCCc2cc(CN3CC[C@@H](C(=O)Nc4ccccn4)C3)ccc21. The molecular weight excluding hydrogens is 324 g/mol. The predicted molar refractivity (Wildman–Crippen MR) is 104 cm³/mol. The number of aryl methyl sites for hydroxylation is 1. The Balaban J connectivity index is 1.35. The zero-order chi connectivity index (χ0) is 17.9. The number of benzene rings is 1. The monoisotopic (exact) mass is 350 g/mol. The fourth-order valence-electron chi connectivity index (χ4n) is 4.05. The second-order valence-electron chi connectivity index (χ2n) is 7.41. The van der Waals surface area contributed by atoms with E-state index < -0.39 is 0 Å². The van der Waals surface area contributed by atoms with Crippen molar-refractivity contribution in [2.24, 2.45) is 5.92 Å². The summed E-state index contributed by atoms with van der Waals surface area (Å²) in [5.74, 6) is 0.758. The number of rotatable bonds is 4. The number of anilines is 2. The summed E-state index contributed by atoms with van der Waals surface area (Å²) >= 11 is 0. The van der Waals surface area contributed by atoms with E-state index >= 15 is 0 Å². The zero-order valence-electron chi connectivity index (χ0n) is 15.3. The van der Waals surface area contributed by atoms with E-state index in [4.69, 9.17) is 0 Å². The Kier molecular flexibility index (Phi) is 4.89. The van der Waals surface area contributed by atoms with Crippen LogP contribution in [-0.2, 0) is 17.8 Å². The molecule has 1 atom stereocenters. The number of aromatic nitrogens is 1. The van der Waals surface area contributed by atoms with Crippen molar-refractivity contribution >= 4 is 17.4 Å². The van der Waals surface area contributed by atoms with Gasteiger partial charge in [-0.15, -0.1) is 0 Å². The Hall–Kier alpha value is -2.40. The molecule has 2 aliphatic rings. The molecule has 4 rings (SSSR count). The minimum Gasteiger partial charge on any atom is -0.374 e. The largest absolute Gasteiger partial charge is 0.374 e. The summed E-state index contributed by atoms with van der Waals surface area (Å²) < 4.78 is 0. The fraction of sp³-hybridized carbons (Fsp3) is 0.429. The molecule has 1 saturated heterocycles. The van der Waals surface area contributed by atoms with Gasteiger partial charge in [0.1, 0.15) is 5.82 Å². The molecule has 136 valence electrons. The van der Waals surface area contributed by atoms with Crippen LogP contribution in [0, 0.1) is 5.92 Å². The lowest BCUT2D eigenvalue weighted by Crippen LogP contribution is -2.27. The normalized spacial score (nSPS) is 20.0. The first-order valence-corrected chi connectivity index (χ1v) is 9.46. The van der Waals surface area contributed by atoms with Gasteiger partial charge in [0.15, 0.2) is 0 Å². The van der Waals surface area contributed by atoms with Gasteiger partial charge in [-0.2, -0.15) is 0 Å². The number of carbonyl (C=O) groups is 1. The van der Waals surface area contributed by atoms with Crippen molar-refractivity contribution < 1.29 is 4.79 Å². The second-order valence-corrected chi connectivity index (χ2v) is 7.41. The third kappa shape index (κ3) is 3.73. The number of hydrogen-bond donors (Lipinski definition) is 1. The number of pyridine rings is 1. The number of amides is 1. The Labute approximate surface area is 155 Å². The van der Waals surface area contributed by atoms with Gasteiger partial charge in [-0.25, -0.2) is 4.98 Å². The molecule has 1 aromatic heterocycles. The van der Waals surface area contributed by atoms with E-state index in [1.807, 2.05) is 18.2 Å². The number of fused-ring (bicyclic) bond motifs is 1. The Morgan fingerprint density at radius 1 is 1.27 bits per heavy atom. The van der Waals surface area contributed by atoms with Crippen LogP contribution in [0.25, 0.3) is 0 Å². The highest BCUT2D eigenvalue weighted by Crippen LogP contribution is 2.28. The molecule has 2 aliphatic heterocycles. The van der Waals surface area contributed by atoms with Crippen LogP contribution in [0.2, 0.25) is 0 Å². The van der Waals surface area contributed by atoms with Crippen LogP contribution in [0.3, 0.4) is 0 Å². The lowest BCUT2D eigenvalue weighted by molar-refractivity contribution is -0.119. The minimum atomic E-state index is 0.0424. The summed E-state index contributed by atoms with van der Waals surface area (Å²) in [6.07, 6.45) is 5.01. The number of likely N-dealkylation sites (tertiary alicyclic amines) is 1. The average Bonchev–Trinajstić information content (AvgIpc) is 3.11. The molecule has 5 heteroatoms. The molecule has 2 aromatic rings. The van der Waals surface area contributed by atoms with E-state index in [2.05, 4.69) is 45.3 Å². The quantitative estimate of drug-likeness (QED) is 0.921. The molecule has 5 nitrogen and oxygen atoms in total. The standard InChI is InChI=1S/C21H26N4O/c1-24-11-4-5-17-13-16(7-8-19(17)24)14-25-12-9-18(15-25)21(26)23-20-6-2-3-10-22-20/h2-3,6-8,10,13,18H,4-5,9,11-12,14-15H2,1H3,(H,22,23,26)/t18-/m1/s1. The molecule has 0 radical (unpaired) electrons. The molecule has 0 bridgehead atoms. The Bertz CT molecular complexity index is 777. The van der Waals surface area contributed by atoms with E-state index in [1.165, 1.54) is 29.7 Å². The first-order chi connectivity index (χ1) is 12.7. The van der Waals surface area contributed by atoms with Crippen LogP contribution >= 0.6 is 0 Å². The third-order valence-electron chi connectivity index (χ3n) is 5.46. The van der Waals surface area contributed by atoms with Crippen LogP contribution in [0.4, 0.5) is 11.5 Å². The maximum atomic E-state index is 12.5. The molecule has 1 amide bonds. The van der Waals surface area contributed by atoms with Gasteiger partial charge in [0.25, 0.3) is 0 Å². The van der Waals surface area contributed by atoms with Gasteiger partial charge in [-0.1, -0.05) is 18.2 Å². The van der Waals surface area contributed by atoms with Crippen LogP contribution in [0.1, 0.15) is 24.0 Å². The number of hydrogen-bond acceptors (Lipinski definition) is 4. The second kappa shape index (κ2) is 7.46. The maximum Gasteiger partial charge on any atom is 0.229 e. The molecule has 1 aromatic carbocycles. The molecule has 1 fully saturated rings. The summed E-state index contributed by atoms with van der Waals surface area (Å²) in [7, 11) is 2.17. The predicted octanol–water partition coefficient (Wildman–Crippen LogP) is 2.92. The van der Waals surface area contributed by atoms with E-state index in [1.54, 1.807) is 6.20 Å². The summed E-state index contributed by atoms with van der Waals surface area (Å²) in [4.78, 5) is 21.4. The molecule has 3 heterocycles. The maximum absolute atomic E-state index is 12.5. The molecule has 0 aliphatic carbocycles. The van der Waals surface area contributed by atoms with E-state index in [9.17, 15) is 4.79 Å². The van der Waals surface area contributed by atoms with Crippen molar-refractivity contribution in [1.82, 2.24) is 9.88 Å². The number of carbonyl (C=O) groups excluding carboxylic acids is 1. The van der Waals surface area contributed by atoms with Gasteiger partial charge in [-0.3, -0.25) is 9.69 Å². The fourth-order valence-corrected chi connectivity index (χ4v) is 4.05.